The van der Waals surface area contributed by atoms with E-state index in [2.05, 4.69) is 0 Å². The van der Waals surface area contributed by atoms with Crippen molar-refractivity contribution in [3.05, 3.63) is 0 Å². The quantitative estimate of drug-likeness (QED) is 0.366. The molecule has 0 N–H and O–H groups in total. The molecule has 0 aromatic heterocycles. The van der Waals surface area contributed by atoms with Crippen molar-refractivity contribution < 1.29 is 4.46 Å². The maximum Gasteiger partial charge on any atom is 0.381 e. The minimum Gasteiger partial charge on any atom is -0.381 e. The Kier molecular flexibility index (Phi) is 833. The summed E-state index contributed by atoms with van der Waals surface area (Å²) in [5, 5.41) is 0. The third-order valence-electron chi connectivity index (χ3n) is 0. The van der Waals surface area contributed by atoms with E-state index in [1.54, 1.807) is 10.1 Å². The molecule has 0 aliphatic heterocycles. The molecule has 0 aliphatic carbocycles. The van der Waals surface area contributed by atoms with Gasteiger partial charge in [0.1, 0.15) is 0 Å². The van der Waals surface area contributed by atoms with E-state index in [0.717, 1.165) is 0 Å². The van der Waals surface area contributed by atoms with Gasteiger partial charge in [0.15, 0.2) is 0 Å². The predicted octanol–water partition coefficient (Wildman–Crippen LogP) is -0.625. The second-order valence-electron chi connectivity index (χ2n) is 0. The predicted molar refractivity (Wildman–Crippen MR) is 24.7 cm³/mol. The van der Waals surface area contributed by atoms with Crippen LogP contribution in [0.5, 0.6) is 0 Å². The summed E-state index contributed by atoms with van der Waals surface area (Å²) < 4.78 is 8.06. The molecule has 0 unspecified atom stereocenters. The normalized spacial score (nSPS) is 0.800. The number of rotatable bonds is 0. The van der Waals surface area contributed by atoms with Gasteiger partial charge in [0.25, 0.3) is 0 Å². The summed E-state index contributed by atoms with van der Waals surface area (Å²) in [6.45, 7) is 0. The van der Waals surface area contributed by atoms with Crippen LogP contribution < -0.4 is 0 Å². The van der Waals surface area contributed by atoms with Crippen LogP contribution in [-0.4, -0.2) is 40.0 Å². The zero-order chi connectivity index (χ0) is 2.00. The van der Waals surface area contributed by atoms with Crippen molar-refractivity contribution in [1.29, 1.82) is 0 Å². The second-order valence-corrected chi connectivity index (χ2v) is 0. The van der Waals surface area contributed by atoms with Gasteiger partial charge < -0.3 is 4.46 Å². The standard InChI is InChI=1S/CH4.Li.OSi.Si/c;;1-2;/h1H4;;;. The molecule has 0 atom stereocenters. The summed E-state index contributed by atoms with van der Waals surface area (Å²) in [4.78, 5) is 0. The Morgan fingerprint density at radius 2 is 1.20 bits per heavy atom. The molecule has 0 rings (SSSR count). The van der Waals surface area contributed by atoms with Gasteiger partial charge in [-0.2, -0.15) is 0 Å². The Hall–Kier alpha value is 0.831. The van der Waals surface area contributed by atoms with Gasteiger partial charge in [-0.1, -0.05) is 7.43 Å². The Bertz CT molecular complexity index is 9.61. The monoisotopic (exact) mass is 95.0 g/mol. The van der Waals surface area contributed by atoms with Gasteiger partial charge in [-0.05, 0) is 0 Å². The van der Waals surface area contributed by atoms with Crippen molar-refractivity contribution >= 4 is 40.0 Å². The van der Waals surface area contributed by atoms with E-state index >= 15 is 0 Å². The molecule has 0 bridgehead atoms. The minimum atomic E-state index is 0. The molecule has 5 heavy (non-hydrogen) atoms. The van der Waals surface area contributed by atoms with E-state index in [4.69, 9.17) is 4.46 Å². The molecule has 0 heterocycles. The van der Waals surface area contributed by atoms with Crippen molar-refractivity contribution in [2.75, 3.05) is 0 Å². The maximum atomic E-state index is 8.06. The van der Waals surface area contributed by atoms with Crippen LogP contribution in [-0.2, 0) is 4.46 Å². The molecule has 0 spiro atoms. The minimum absolute atomic E-state index is 0. The topological polar surface area (TPSA) is 17.1 Å². The van der Waals surface area contributed by atoms with Gasteiger partial charge in [0.2, 0.25) is 0 Å². The van der Waals surface area contributed by atoms with Crippen LogP contribution >= 0.6 is 0 Å². The zero-order valence-electron chi connectivity index (χ0n) is 2.41. The summed E-state index contributed by atoms with van der Waals surface area (Å²) in [5.41, 5.74) is 0. The van der Waals surface area contributed by atoms with Crippen LogP contribution in [0.4, 0.5) is 0 Å². The average Bonchev–Trinajstić information content (AvgIpc) is 1.00. The zero-order valence-corrected chi connectivity index (χ0v) is 4.41. The third-order valence-corrected chi connectivity index (χ3v) is 0. The van der Waals surface area contributed by atoms with Crippen LogP contribution in [0.15, 0.2) is 0 Å². The number of hydrogen-bond donors (Lipinski definition) is 0. The Morgan fingerprint density at radius 1 is 1.20 bits per heavy atom. The summed E-state index contributed by atoms with van der Waals surface area (Å²) in [5.74, 6) is 0. The first-order valence-corrected chi connectivity index (χ1v) is 0.612. The first-order chi connectivity index (χ1) is 1.00. The molecular weight excluding hydrogens is 91.1 g/mol. The molecule has 4 heteroatoms. The molecule has 0 saturated carbocycles. The molecule has 0 fully saturated rings. The smallest absolute Gasteiger partial charge is 0.381 e. The van der Waals surface area contributed by atoms with E-state index in [0.29, 0.717) is 0 Å². The molecular formula is CH4LiOSi2. The third kappa shape index (κ3) is 56.1. The Morgan fingerprint density at radius 3 is 1.20 bits per heavy atom. The largest absolute Gasteiger partial charge is 0.381 e. The molecule has 0 saturated heterocycles. The van der Waals surface area contributed by atoms with Crippen molar-refractivity contribution in [2.45, 2.75) is 7.43 Å². The summed E-state index contributed by atoms with van der Waals surface area (Å²) in [7, 11) is 1.72. The van der Waals surface area contributed by atoms with E-state index in [1.807, 2.05) is 0 Å². The van der Waals surface area contributed by atoms with Crippen molar-refractivity contribution in [3.63, 3.8) is 0 Å². The maximum absolute atomic E-state index is 8.06. The molecule has 23 valence electrons. The van der Waals surface area contributed by atoms with Gasteiger partial charge in [-0.3, -0.25) is 0 Å². The number of hydrogen-bond acceptors (Lipinski definition) is 1. The van der Waals surface area contributed by atoms with E-state index in [9.17, 15) is 0 Å². The Labute approximate surface area is 52.2 Å². The van der Waals surface area contributed by atoms with Gasteiger partial charge in [0.05, 0.1) is 0 Å². The van der Waals surface area contributed by atoms with Crippen LogP contribution in [0, 0.1) is 0 Å². The fourth-order valence-electron chi connectivity index (χ4n) is 0. The fourth-order valence-corrected chi connectivity index (χ4v) is 0. The van der Waals surface area contributed by atoms with Gasteiger partial charge in [0, 0.05) is 29.8 Å². The molecule has 0 amide bonds. The molecule has 1 nitrogen and oxygen atoms in total. The molecule has 0 aromatic carbocycles. The van der Waals surface area contributed by atoms with Crippen LogP contribution in [0.2, 0.25) is 0 Å². The summed E-state index contributed by atoms with van der Waals surface area (Å²) >= 11 is 0. The van der Waals surface area contributed by atoms with E-state index < -0.39 is 0 Å². The van der Waals surface area contributed by atoms with Crippen molar-refractivity contribution in [3.8, 4) is 0 Å². The Balaban J connectivity index is -0.00000000167. The fraction of sp³-hybridized carbons (Fsp3) is 1.00. The van der Waals surface area contributed by atoms with Crippen LogP contribution in [0.25, 0.3) is 0 Å². The van der Waals surface area contributed by atoms with Gasteiger partial charge in [-0.15, -0.1) is 0 Å². The van der Waals surface area contributed by atoms with Crippen LogP contribution in [0.3, 0.4) is 0 Å². The van der Waals surface area contributed by atoms with E-state index in [1.165, 1.54) is 0 Å². The molecule has 0 aromatic rings. The first-order valence-electron chi connectivity index (χ1n) is 0.204. The van der Waals surface area contributed by atoms with Crippen LogP contribution in [0.1, 0.15) is 7.43 Å². The van der Waals surface area contributed by atoms with Crippen molar-refractivity contribution in [2.24, 2.45) is 0 Å². The molecule has 7 radical (unpaired) electrons. The molecule has 0 aliphatic rings. The second kappa shape index (κ2) is 103. The summed E-state index contributed by atoms with van der Waals surface area (Å²) in [6.07, 6.45) is 0. The van der Waals surface area contributed by atoms with Crippen molar-refractivity contribution in [1.82, 2.24) is 0 Å². The van der Waals surface area contributed by atoms with E-state index in [-0.39, 0.29) is 37.3 Å². The van der Waals surface area contributed by atoms with Gasteiger partial charge in [-0.25, -0.2) is 0 Å². The SMILES string of the molecule is C.O=[Si].[Li].[Si]. The first kappa shape index (κ1) is 40.6. The average molecular weight is 95.2 g/mol. The summed E-state index contributed by atoms with van der Waals surface area (Å²) in [6, 6.07) is 0. The van der Waals surface area contributed by atoms with Gasteiger partial charge >= 0.3 is 10.1 Å².